The van der Waals surface area contributed by atoms with Crippen molar-refractivity contribution in [1.29, 1.82) is 5.26 Å². The molecule has 0 unspecified atom stereocenters. The van der Waals surface area contributed by atoms with Crippen LogP contribution in [0.1, 0.15) is 52.4 Å². The van der Waals surface area contributed by atoms with Crippen LogP contribution in [0.4, 0.5) is 0 Å². The van der Waals surface area contributed by atoms with Crippen LogP contribution in [0.5, 0.6) is 0 Å². The number of allylic oxidation sites excluding steroid dienone is 1. The van der Waals surface area contributed by atoms with Crippen LogP contribution in [-0.4, -0.2) is 47.2 Å². The molecule has 3 rings (SSSR count). The lowest BCUT2D eigenvalue weighted by Crippen LogP contribution is -2.43. The van der Waals surface area contributed by atoms with Gasteiger partial charge < -0.3 is 9.64 Å². The lowest BCUT2D eigenvalue weighted by molar-refractivity contribution is -0.114. The molecule has 6 nitrogen and oxygen atoms in total. The van der Waals surface area contributed by atoms with E-state index in [2.05, 4.69) is 4.98 Å². The zero-order valence-corrected chi connectivity index (χ0v) is 14.3. The van der Waals surface area contributed by atoms with E-state index in [1.807, 2.05) is 11.0 Å². The third-order valence-corrected chi connectivity index (χ3v) is 4.96. The number of ether oxygens (including phenoxy) is 1. The predicted octanol–water partition coefficient (Wildman–Crippen LogP) is 2.14. The largest absolute Gasteiger partial charge is 0.378 e. The van der Waals surface area contributed by atoms with E-state index < -0.39 is 12.6 Å². The van der Waals surface area contributed by atoms with Crippen molar-refractivity contribution in [2.75, 3.05) is 20.1 Å². The number of methoxy groups -OCH3 is 1. The first kappa shape index (κ1) is 13.7. The summed E-state index contributed by atoms with van der Waals surface area (Å²) in [6.45, 7) is 4.03. The van der Waals surface area contributed by atoms with E-state index in [1.165, 1.54) is 13.1 Å². The predicted molar refractivity (Wildman–Crippen MR) is 91.7 cm³/mol. The number of piperidine rings is 1. The van der Waals surface area contributed by atoms with E-state index >= 15 is 0 Å². The summed E-state index contributed by atoms with van der Waals surface area (Å²) >= 11 is 0. The molecule has 1 aliphatic carbocycles. The number of fused-ring (bicyclic) bond motifs is 1. The number of carbonyl (C=O) groups is 2. The molecule has 0 aromatic carbocycles. The van der Waals surface area contributed by atoms with Crippen molar-refractivity contribution in [3.8, 4) is 6.07 Å². The minimum Gasteiger partial charge on any atom is -0.378 e. The van der Waals surface area contributed by atoms with E-state index in [0.717, 1.165) is 0 Å². The van der Waals surface area contributed by atoms with Gasteiger partial charge in [-0.15, -0.1) is 0 Å². The normalized spacial score (nSPS) is 21.7. The molecular formula is C19H21N3O3. The summed E-state index contributed by atoms with van der Waals surface area (Å²) in [6, 6.07) is 3.64. The van der Waals surface area contributed by atoms with Gasteiger partial charge in [0.2, 0.25) is 0 Å². The molecule has 1 saturated heterocycles. The van der Waals surface area contributed by atoms with Crippen molar-refractivity contribution in [2.45, 2.75) is 38.7 Å². The molecule has 130 valence electrons. The first-order valence-electron chi connectivity index (χ1n) is 9.66. The van der Waals surface area contributed by atoms with E-state index in [9.17, 15) is 14.9 Å². The number of carbonyl (C=O) groups excluding carboxylic acids is 2. The number of ketones is 2. The summed E-state index contributed by atoms with van der Waals surface area (Å²) in [5, 5.41) is 9.59. The van der Waals surface area contributed by atoms with Crippen molar-refractivity contribution in [1.82, 2.24) is 9.88 Å². The Balaban J connectivity index is 1.96. The average molecular weight is 342 g/mol. The fraction of sp³-hybridized carbons (Fsp3) is 0.474. The van der Waals surface area contributed by atoms with E-state index in [4.69, 9.17) is 8.85 Å². The number of nitrogens with zero attached hydrogens (tertiary/aromatic N) is 3. The SMILES string of the molecule is [2H]C([2H])([2H])OC1(C)CCN(C2=C(C#N)C(=O)Cc3cnc(C(C)=O)cc32)CC1. The Hall–Kier alpha value is -2.52. The summed E-state index contributed by atoms with van der Waals surface area (Å²) in [7, 11) is -2.48. The Morgan fingerprint density at radius 1 is 1.48 bits per heavy atom. The van der Waals surface area contributed by atoms with Gasteiger partial charge in [0.1, 0.15) is 17.3 Å². The molecule has 0 saturated carbocycles. The Kier molecular flexibility index (Phi) is 3.52. The van der Waals surface area contributed by atoms with Gasteiger partial charge in [0, 0.05) is 45.2 Å². The van der Waals surface area contributed by atoms with Crippen LogP contribution in [0.3, 0.4) is 0 Å². The van der Waals surface area contributed by atoms with Crippen molar-refractivity contribution < 1.29 is 18.4 Å². The van der Waals surface area contributed by atoms with E-state index in [0.29, 0.717) is 42.8 Å². The zero-order valence-electron chi connectivity index (χ0n) is 17.3. The number of Topliss-reactive ketones (excluding diaryl/α,β-unsaturated/α-hetero) is 2. The highest BCUT2D eigenvalue weighted by Crippen LogP contribution is 2.36. The van der Waals surface area contributed by atoms with Crippen LogP contribution in [0.25, 0.3) is 5.70 Å². The third-order valence-electron chi connectivity index (χ3n) is 4.96. The average Bonchev–Trinajstić information content (AvgIpc) is 2.59. The highest BCUT2D eigenvalue weighted by molar-refractivity contribution is 6.10. The standard InChI is InChI=1S/C19H21N3O3/c1-12(23)16-9-14-13(11-21-16)8-17(24)15(10-20)18(14)22-6-4-19(2,25-3)5-7-22/h9,11H,4-8H2,1-3H3/i3D3. The molecule has 2 heterocycles. The number of hydrogen-bond acceptors (Lipinski definition) is 6. The summed E-state index contributed by atoms with van der Waals surface area (Å²) < 4.78 is 27.3. The smallest absolute Gasteiger partial charge is 0.179 e. The van der Waals surface area contributed by atoms with Gasteiger partial charge in [0.25, 0.3) is 0 Å². The molecule has 0 spiro atoms. The molecule has 1 aromatic rings. The molecular weight excluding hydrogens is 318 g/mol. The molecule has 0 N–H and O–H groups in total. The molecule has 0 atom stereocenters. The summed E-state index contributed by atoms with van der Waals surface area (Å²) in [4.78, 5) is 30.2. The minimum atomic E-state index is -2.48. The second-order valence-electron chi connectivity index (χ2n) is 6.76. The van der Waals surface area contributed by atoms with Crippen molar-refractivity contribution in [3.05, 3.63) is 34.7 Å². The molecule has 0 amide bonds. The molecule has 2 aliphatic rings. The number of nitriles is 1. The second kappa shape index (κ2) is 6.41. The van der Waals surface area contributed by atoms with Crippen molar-refractivity contribution in [3.63, 3.8) is 0 Å². The quantitative estimate of drug-likeness (QED) is 0.783. The number of hydrogen-bond donors (Lipinski definition) is 0. The maximum Gasteiger partial charge on any atom is 0.179 e. The number of likely N-dealkylation sites (tertiary alicyclic amines) is 1. The van der Waals surface area contributed by atoms with E-state index in [-0.39, 0.29) is 29.3 Å². The Morgan fingerprint density at radius 2 is 2.20 bits per heavy atom. The molecule has 0 radical (unpaired) electrons. The Bertz CT molecular complexity index is 907. The monoisotopic (exact) mass is 342 g/mol. The van der Waals surface area contributed by atoms with Gasteiger partial charge in [-0.25, -0.2) is 0 Å². The maximum atomic E-state index is 12.5. The lowest BCUT2D eigenvalue weighted by Gasteiger charge is -2.41. The lowest BCUT2D eigenvalue weighted by atomic mass is 9.86. The third kappa shape index (κ3) is 3.08. The second-order valence-corrected chi connectivity index (χ2v) is 6.76. The van der Waals surface area contributed by atoms with Gasteiger partial charge in [-0.05, 0) is 31.4 Å². The van der Waals surface area contributed by atoms with Crippen molar-refractivity contribution in [2.24, 2.45) is 0 Å². The van der Waals surface area contributed by atoms with Gasteiger partial charge >= 0.3 is 0 Å². The molecule has 1 fully saturated rings. The van der Waals surface area contributed by atoms with Crippen LogP contribution in [0.2, 0.25) is 0 Å². The van der Waals surface area contributed by atoms with Crippen LogP contribution in [0.15, 0.2) is 17.8 Å². The molecule has 25 heavy (non-hydrogen) atoms. The fourth-order valence-electron chi connectivity index (χ4n) is 3.31. The van der Waals surface area contributed by atoms with Crippen molar-refractivity contribution >= 4 is 17.3 Å². The number of rotatable bonds is 3. The summed E-state index contributed by atoms with van der Waals surface area (Å²) in [5.41, 5.74) is 1.37. The highest BCUT2D eigenvalue weighted by atomic mass is 16.5. The summed E-state index contributed by atoms with van der Waals surface area (Å²) in [5.74, 6) is -0.482. The van der Waals surface area contributed by atoms with Crippen LogP contribution in [0, 0.1) is 11.3 Å². The van der Waals surface area contributed by atoms with Gasteiger partial charge in [-0.1, -0.05) is 0 Å². The zero-order chi connectivity index (χ0) is 20.7. The Labute approximate surface area is 151 Å². The molecule has 1 aliphatic heterocycles. The van der Waals surface area contributed by atoms with Crippen LogP contribution in [-0.2, 0) is 16.0 Å². The number of pyridine rings is 1. The minimum absolute atomic E-state index is 0.0635. The molecule has 1 aromatic heterocycles. The van der Waals surface area contributed by atoms with Crippen LogP contribution >= 0.6 is 0 Å². The number of aromatic nitrogens is 1. The van der Waals surface area contributed by atoms with Gasteiger partial charge in [0.15, 0.2) is 11.6 Å². The topological polar surface area (TPSA) is 83.3 Å². The van der Waals surface area contributed by atoms with Gasteiger partial charge in [-0.2, -0.15) is 5.26 Å². The van der Waals surface area contributed by atoms with E-state index in [1.54, 1.807) is 13.0 Å². The van der Waals surface area contributed by atoms with Gasteiger partial charge in [0.05, 0.1) is 15.4 Å². The Morgan fingerprint density at radius 3 is 2.80 bits per heavy atom. The first-order chi connectivity index (χ1) is 13.0. The fourth-order valence-corrected chi connectivity index (χ4v) is 3.31. The highest BCUT2D eigenvalue weighted by Gasteiger charge is 2.35. The maximum absolute atomic E-state index is 12.5. The van der Waals surface area contributed by atoms with Gasteiger partial charge in [-0.3, -0.25) is 14.6 Å². The van der Waals surface area contributed by atoms with Crippen LogP contribution < -0.4 is 0 Å². The molecule has 6 heteroatoms. The first-order valence-corrected chi connectivity index (χ1v) is 8.16. The molecule has 0 bridgehead atoms. The summed E-state index contributed by atoms with van der Waals surface area (Å²) in [6.07, 6.45) is 2.45.